The Bertz CT molecular complexity index is 587. The molecule has 1 amide bonds. The normalized spacial score (nSPS) is 23.1. The van der Waals surface area contributed by atoms with Crippen LogP contribution in [0.25, 0.3) is 0 Å². The predicted molar refractivity (Wildman–Crippen MR) is 96.2 cm³/mol. The molecule has 0 heterocycles. The van der Waals surface area contributed by atoms with Crippen molar-refractivity contribution in [1.29, 1.82) is 0 Å². The van der Waals surface area contributed by atoms with E-state index in [-0.39, 0.29) is 30.6 Å². The number of nitrogens with one attached hydrogen (secondary N) is 2. The van der Waals surface area contributed by atoms with Crippen LogP contribution in [0.5, 0.6) is 0 Å². The molecule has 0 saturated carbocycles. The van der Waals surface area contributed by atoms with Gasteiger partial charge < -0.3 is 24.6 Å². The van der Waals surface area contributed by atoms with Crippen LogP contribution in [-0.2, 0) is 28.3 Å². The minimum absolute atomic E-state index is 0.0343. The van der Waals surface area contributed by atoms with E-state index in [0.717, 1.165) is 12.8 Å². The third kappa shape index (κ3) is 8.08. The molecule has 10 nitrogen and oxygen atoms in total. The number of esters is 1. The summed E-state index contributed by atoms with van der Waals surface area (Å²) in [7, 11) is -4.81. The van der Waals surface area contributed by atoms with E-state index >= 15 is 0 Å². The van der Waals surface area contributed by atoms with E-state index in [1.807, 2.05) is 13.8 Å². The summed E-state index contributed by atoms with van der Waals surface area (Å²) in [6.07, 6.45) is 2.25. The van der Waals surface area contributed by atoms with Crippen molar-refractivity contribution in [1.82, 2.24) is 10.8 Å². The Kier molecular flexibility index (Phi) is 9.58. The van der Waals surface area contributed by atoms with Crippen LogP contribution in [-0.4, -0.2) is 52.6 Å². The van der Waals surface area contributed by atoms with Crippen LogP contribution in [0, 0.1) is 0 Å². The molecule has 156 valence electrons. The molecule has 11 heteroatoms. The zero-order valence-electron chi connectivity index (χ0n) is 16.0. The highest BCUT2D eigenvalue weighted by Crippen LogP contribution is 2.35. The molecule has 0 aliphatic heterocycles. The first-order chi connectivity index (χ1) is 12.6. The van der Waals surface area contributed by atoms with Crippen LogP contribution in [0.4, 0.5) is 0 Å². The van der Waals surface area contributed by atoms with E-state index in [4.69, 9.17) is 19.3 Å². The second-order valence-corrected chi connectivity index (χ2v) is 7.35. The molecule has 3 atom stereocenters. The monoisotopic (exact) mass is 408 g/mol. The number of amides is 1. The second kappa shape index (κ2) is 10.9. The average molecular weight is 408 g/mol. The van der Waals surface area contributed by atoms with Crippen molar-refractivity contribution in [3.8, 4) is 0 Å². The third-order valence-corrected chi connectivity index (χ3v) is 4.43. The molecule has 1 aliphatic rings. The molecule has 2 unspecified atom stereocenters. The molecule has 0 radical (unpaired) electrons. The van der Waals surface area contributed by atoms with Gasteiger partial charge in [0.2, 0.25) is 5.91 Å². The van der Waals surface area contributed by atoms with Gasteiger partial charge >= 0.3 is 13.8 Å². The van der Waals surface area contributed by atoms with Crippen LogP contribution in [0.1, 0.15) is 47.0 Å². The average Bonchev–Trinajstić information content (AvgIpc) is 2.58. The fourth-order valence-electron chi connectivity index (χ4n) is 2.83. The van der Waals surface area contributed by atoms with Crippen LogP contribution in [0.3, 0.4) is 0 Å². The summed E-state index contributed by atoms with van der Waals surface area (Å²) in [5.41, 5.74) is 2.56. The molecular weight excluding hydrogens is 379 g/mol. The summed E-state index contributed by atoms with van der Waals surface area (Å²) >= 11 is 0. The Hall–Kier alpha value is -1.29. The minimum Gasteiger partial charge on any atom is -0.463 e. The van der Waals surface area contributed by atoms with Crippen molar-refractivity contribution in [2.75, 3.05) is 6.61 Å². The van der Waals surface area contributed by atoms with Gasteiger partial charge in [0, 0.05) is 12.5 Å². The lowest BCUT2D eigenvalue weighted by molar-refractivity contribution is -0.139. The van der Waals surface area contributed by atoms with Gasteiger partial charge in [0.05, 0.1) is 30.9 Å². The van der Waals surface area contributed by atoms with Gasteiger partial charge in [-0.2, -0.15) is 10.1 Å². The van der Waals surface area contributed by atoms with E-state index in [2.05, 4.69) is 15.4 Å². The van der Waals surface area contributed by atoms with Crippen molar-refractivity contribution in [3.05, 3.63) is 11.6 Å². The zero-order valence-corrected chi connectivity index (χ0v) is 16.9. The van der Waals surface area contributed by atoms with Crippen molar-refractivity contribution >= 4 is 19.7 Å². The fraction of sp³-hybridized carbons (Fsp3) is 0.750. The van der Waals surface area contributed by atoms with Crippen LogP contribution >= 0.6 is 7.82 Å². The van der Waals surface area contributed by atoms with E-state index in [9.17, 15) is 14.2 Å². The smallest absolute Gasteiger partial charge is 0.463 e. The molecule has 0 bridgehead atoms. The molecule has 0 aromatic carbocycles. The molecule has 1 rings (SSSR count). The lowest BCUT2D eigenvalue weighted by atomic mass is 9.88. The first-order valence-electron chi connectivity index (χ1n) is 8.91. The number of carbonyl (C=O) groups excluding carboxylic acids is 2. The number of carbonyl (C=O) groups is 2. The summed E-state index contributed by atoms with van der Waals surface area (Å²) in [5.74, 6) is -0.908. The van der Waals surface area contributed by atoms with Gasteiger partial charge in [-0.25, -0.2) is 9.36 Å². The molecule has 1 aliphatic carbocycles. The molecule has 4 N–H and O–H groups in total. The van der Waals surface area contributed by atoms with Gasteiger partial charge in [-0.15, -0.1) is 0 Å². The molecule has 0 aromatic rings. The third-order valence-electron chi connectivity index (χ3n) is 4.08. The standard InChI is InChI=1S/C16H29N2O8P/c1-5-12(6-2)25-14-9-11(16(20)24-7-3)8-13(15(14)17-10(4)19)18-26-27(21,22)23/h9,12-15,18H,5-8H2,1-4H3,(H,17,19)(H2,21,22,23)/t13?,14?,15-/m1/s1. The minimum atomic E-state index is -4.81. The summed E-state index contributed by atoms with van der Waals surface area (Å²) < 4.78 is 26.5. The summed E-state index contributed by atoms with van der Waals surface area (Å²) in [6, 6.07) is -1.52. The Morgan fingerprint density at radius 2 is 1.93 bits per heavy atom. The number of hydrogen-bond donors (Lipinski definition) is 4. The van der Waals surface area contributed by atoms with Crippen LogP contribution < -0.4 is 10.8 Å². The number of hydroxylamine groups is 1. The maximum Gasteiger partial charge on any atom is 0.486 e. The Labute approximate surface area is 158 Å². The SMILES string of the molecule is CCOC(=O)C1=CC(OC(CC)CC)[C@H](NC(C)=O)C(NOP(=O)(O)O)C1. The number of ether oxygens (including phenoxy) is 2. The quantitative estimate of drug-likeness (QED) is 0.236. The summed E-state index contributed by atoms with van der Waals surface area (Å²) in [6.45, 7) is 7.08. The fourth-order valence-corrected chi connectivity index (χ4v) is 3.11. The Morgan fingerprint density at radius 1 is 1.30 bits per heavy atom. The highest BCUT2D eigenvalue weighted by atomic mass is 31.2. The highest BCUT2D eigenvalue weighted by Gasteiger charge is 2.39. The highest BCUT2D eigenvalue weighted by molar-refractivity contribution is 7.46. The lowest BCUT2D eigenvalue weighted by Crippen LogP contribution is -2.58. The van der Waals surface area contributed by atoms with Crippen molar-refractivity contribution in [2.24, 2.45) is 0 Å². The molecule has 27 heavy (non-hydrogen) atoms. The molecular formula is C16H29N2O8P. The van der Waals surface area contributed by atoms with Gasteiger partial charge in [0.25, 0.3) is 0 Å². The van der Waals surface area contributed by atoms with Crippen molar-refractivity contribution < 1.29 is 38.0 Å². The van der Waals surface area contributed by atoms with Gasteiger partial charge in [-0.1, -0.05) is 13.8 Å². The van der Waals surface area contributed by atoms with Gasteiger partial charge in [-0.05, 0) is 32.3 Å². The van der Waals surface area contributed by atoms with Gasteiger partial charge in [0.15, 0.2) is 0 Å². The largest absolute Gasteiger partial charge is 0.486 e. The first kappa shape index (κ1) is 23.7. The molecule has 0 fully saturated rings. The Balaban J connectivity index is 3.17. The first-order valence-corrected chi connectivity index (χ1v) is 10.4. The summed E-state index contributed by atoms with van der Waals surface area (Å²) in [5, 5.41) is 2.71. The second-order valence-electron chi connectivity index (χ2n) is 6.19. The van der Waals surface area contributed by atoms with Crippen LogP contribution in [0.15, 0.2) is 11.6 Å². The van der Waals surface area contributed by atoms with E-state index in [1.54, 1.807) is 13.0 Å². The van der Waals surface area contributed by atoms with E-state index < -0.39 is 32.0 Å². The van der Waals surface area contributed by atoms with E-state index in [0.29, 0.717) is 0 Å². The Morgan fingerprint density at radius 3 is 2.41 bits per heavy atom. The van der Waals surface area contributed by atoms with E-state index in [1.165, 1.54) is 6.92 Å². The molecule has 0 saturated heterocycles. The maximum absolute atomic E-state index is 12.2. The number of phosphoric acid groups is 1. The van der Waals surface area contributed by atoms with Crippen molar-refractivity contribution in [3.63, 3.8) is 0 Å². The summed E-state index contributed by atoms with van der Waals surface area (Å²) in [4.78, 5) is 41.8. The predicted octanol–water partition coefficient (Wildman–Crippen LogP) is 0.941. The maximum atomic E-state index is 12.2. The van der Waals surface area contributed by atoms with Gasteiger partial charge in [-0.3, -0.25) is 4.79 Å². The number of rotatable bonds is 10. The molecule has 0 spiro atoms. The van der Waals surface area contributed by atoms with Crippen molar-refractivity contribution in [2.45, 2.75) is 71.2 Å². The topological polar surface area (TPSA) is 143 Å². The number of hydrogen-bond acceptors (Lipinski definition) is 7. The zero-order chi connectivity index (χ0) is 20.6. The van der Waals surface area contributed by atoms with Gasteiger partial charge in [0.1, 0.15) is 0 Å². The molecule has 0 aromatic heterocycles. The van der Waals surface area contributed by atoms with Crippen LogP contribution in [0.2, 0.25) is 0 Å². The lowest BCUT2D eigenvalue weighted by Gasteiger charge is -2.38.